The predicted octanol–water partition coefficient (Wildman–Crippen LogP) is 2.72. The highest BCUT2D eigenvalue weighted by Gasteiger charge is 2.28. The van der Waals surface area contributed by atoms with Crippen molar-refractivity contribution in [3.05, 3.63) is 29.3 Å². The first-order chi connectivity index (χ1) is 12.0. The fraction of sp³-hybridized carbons (Fsp3) is 0.556. The number of carbonyl (C=O) groups is 2. The van der Waals surface area contributed by atoms with Gasteiger partial charge in [0.25, 0.3) is 5.91 Å². The topological polar surface area (TPSA) is 53.1 Å². The Morgan fingerprint density at radius 2 is 1.54 bits per heavy atom. The minimum atomic E-state index is -0.791. The molecule has 0 saturated carbocycles. The van der Waals surface area contributed by atoms with Gasteiger partial charge in [-0.2, -0.15) is 0 Å². The van der Waals surface area contributed by atoms with Crippen LogP contribution in [-0.2, 0) is 4.74 Å². The summed E-state index contributed by atoms with van der Waals surface area (Å²) < 4.78 is 34.2. The zero-order chi connectivity index (χ0) is 19.6. The minimum absolute atomic E-state index is 0.0406. The van der Waals surface area contributed by atoms with Gasteiger partial charge in [-0.15, -0.1) is 0 Å². The van der Waals surface area contributed by atoms with Crippen LogP contribution in [-0.4, -0.2) is 67.7 Å². The van der Waals surface area contributed by atoms with Gasteiger partial charge in [-0.1, -0.05) is 0 Å². The van der Waals surface area contributed by atoms with Crippen LogP contribution in [0.1, 0.15) is 31.1 Å². The lowest BCUT2D eigenvalue weighted by Crippen LogP contribution is -2.50. The highest BCUT2D eigenvalue weighted by atomic mass is 19.1. The van der Waals surface area contributed by atoms with Crippen molar-refractivity contribution in [2.75, 3.05) is 45.2 Å². The Morgan fingerprint density at radius 3 is 1.96 bits per heavy atom. The molecular weight excluding hydrogens is 344 g/mol. The van der Waals surface area contributed by atoms with Crippen LogP contribution in [0.3, 0.4) is 0 Å². The molecule has 2 amide bonds. The van der Waals surface area contributed by atoms with E-state index in [1.165, 1.54) is 28.8 Å². The van der Waals surface area contributed by atoms with Crippen LogP contribution in [0.15, 0.2) is 12.1 Å². The second kappa shape index (κ2) is 7.47. The Labute approximate surface area is 152 Å². The summed E-state index contributed by atoms with van der Waals surface area (Å²) >= 11 is 0. The Kier molecular flexibility index (Phi) is 5.73. The number of hydrogen-bond acceptors (Lipinski definition) is 4. The van der Waals surface area contributed by atoms with Crippen molar-refractivity contribution in [1.29, 1.82) is 0 Å². The molecule has 1 aromatic rings. The van der Waals surface area contributed by atoms with Crippen LogP contribution in [0.2, 0.25) is 0 Å². The Bertz CT molecular complexity index is 670. The number of benzene rings is 1. The summed E-state index contributed by atoms with van der Waals surface area (Å²) in [4.78, 5) is 28.3. The van der Waals surface area contributed by atoms with E-state index in [1.54, 1.807) is 20.8 Å². The molecule has 1 aliphatic rings. The van der Waals surface area contributed by atoms with Crippen molar-refractivity contribution in [3.63, 3.8) is 0 Å². The van der Waals surface area contributed by atoms with Crippen molar-refractivity contribution in [3.8, 4) is 0 Å². The smallest absolute Gasteiger partial charge is 0.410 e. The summed E-state index contributed by atoms with van der Waals surface area (Å²) in [7, 11) is 3.03. The normalized spacial score (nSPS) is 15.0. The van der Waals surface area contributed by atoms with Gasteiger partial charge in [0.1, 0.15) is 22.9 Å². The van der Waals surface area contributed by atoms with Gasteiger partial charge in [0.15, 0.2) is 0 Å². The van der Waals surface area contributed by atoms with Gasteiger partial charge in [-0.3, -0.25) is 4.79 Å². The molecule has 8 heteroatoms. The molecule has 1 heterocycles. The van der Waals surface area contributed by atoms with Gasteiger partial charge >= 0.3 is 6.09 Å². The number of nitrogens with zero attached hydrogens (tertiary/aromatic N) is 3. The average molecular weight is 369 g/mol. The molecule has 0 spiro atoms. The van der Waals surface area contributed by atoms with Crippen LogP contribution in [0.5, 0.6) is 0 Å². The maximum absolute atomic E-state index is 14.4. The average Bonchev–Trinajstić information content (AvgIpc) is 2.52. The lowest BCUT2D eigenvalue weighted by molar-refractivity contribution is 0.0240. The second-order valence-electron chi connectivity index (χ2n) is 7.44. The van der Waals surface area contributed by atoms with E-state index in [4.69, 9.17) is 4.74 Å². The molecule has 0 aliphatic carbocycles. The predicted molar refractivity (Wildman–Crippen MR) is 94.4 cm³/mol. The summed E-state index contributed by atoms with van der Waals surface area (Å²) in [6, 6.07) is 2.09. The van der Waals surface area contributed by atoms with E-state index >= 15 is 0 Å². The Morgan fingerprint density at radius 1 is 1.04 bits per heavy atom. The van der Waals surface area contributed by atoms with E-state index in [2.05, 4.69) is 0 Å². The number of amides is 2. The third-order valence-electron chi connectivity index (χ3n) is 3.92. The van der Waals surface area contributed by atoms with Gasteiger partial charge < -0.3 is 19.4 Å². The zero-order valence-corrected chi connectivity index (χ0v) is 15.8. The van der Waals surface area contributed by atoms with Crippen molar-refractivity contribution >= 4 is 17.7 Å². The summed E-state index contributed by atoms with van der Waals surface area (Å²) in [5.74, 6) is -2.05. The highest BCUT2D eigenvalue weighted by Crippen LogP contribution is 2.27. The van der Waals surface area contributed by atoms with E-state index in [-0.39, 0.29) is 24.3 Å². The number of anilines is 1. The lowest BCUT2D eigenvalue weighted by atomic mass is 10.1. The third kappa shape index (κ3) is 4.62. The van der Waals surface area contributed by atoms with E-state index in [0.29, 0.717) is 13.1 Å². The standard InChI is InChI=1S/C18H25F2N3O3/c1-18(2,3)26-17(25)23-8-6-22(7-9-23)15-13(19)10-12(11-14(15)20)16(24)21(4)5/h10-11H,6-9H2,1-5H3. The second-order valence-corrected chi connectivity index (χ2v) is 7.44. The van der Waals surface area contributed by atoms with Crippen molar-refractivity contribution < 1.29 is 23.1 Å². The Balaban J connectivity index is 2.10. The minimum Gasteiger partial charge on any atom is -0.444 e. The van der Waals surface area contributed by atoms with Crippen LogP contribution in [0.25, 0.3) is 0 Å². The quantitative estimate of drug-likeness (QED) is 0.804. The molecule has 26 heavy (non-hydrogen) atoms. The van der Waals surface area contributed by atoms with Crippen LogP contribution in [0, 0.1) is 11.6 Å². The largest absolute Gasteiger partial charge is 0.444 e. The van der Waals surface area contributed by atoms with Gasteiger partial charge in [0.2, 0.25) is 0 Å². The number of carbonyl (C=O) groups excluding carboxylic acids is 2. The first-order valence-electron chi connectivity index (χ1n) is 8.43. The molecule has 0 N–H and O–H groups in total. The number of rotatable bonds is 2. The van der Waals surface area contributed by atoms with Crippen molar-refractivity contribution in [2.45, 2.75) is 26.4 Å². The molecule has 0 aromatic heterocycles. The molecule has 0 radical (unpaired) electrons. The summed E-state index contributed by atoms with van der Waals surface area (Å²) in [6.45, 7) is 6.48. The van der Waals surface area contributed by atoms with Gasteiger partial charge in [-0.05, 0) is 32.9 Å². The molecule has 144 valence electrons. The molecule has 1 aromatic carbocycles. The molecule has 0 atom stereocenters. The molecular formula is C18H25F2N3O3. The first kappa shape index (κ1) is 19.9. The lowest BCUT2D eigenvalue weighted by Gasteiger charge is -2.37. The monoisotopic (exact) mass is 369 g/mol. The fourth-order valence-corrected chi connectivity index (χ4v) is 2.69. The highest BCUT2D eigenvalue weighted by molar-refractivity contribution is 5.94. The van der Waals surface area contributed by atoms with E-state index in [9.17, 15) is 18.4 Å². The number of halogens is 2. The first-order valence-corrected chi connectivity index (χ1v) is 8.43. The zero-order valence-electron chi connectivity index (χ0n) is 15.8. The molecule has 1 saturated heterocycles. The molecule has 1 aliphatic heterocycles. The molecule has 1 fully saturated rings. The fourth-order valence-electron chi connectivity index (χ4n) is 2.69. The van der Waals surface area contributed by atoms with Gasteiger partial charge in [-0.25, -0.2) is 13.6 Å². The molecule has 0 unspecified atom stereocenters. The van der Waals surface area contributed by atoms with Crippen LogP contribution in [0.4, 0.5) is 19.3 Å². The number of ether oxygens (including phenoxy) is 1. The Hall–Kier alpha value is -2.38. The van der Waals surface area contributed by atoms with Crippen molar-refractivity contribution in [2.24, 2.45) is 0 Å². The summed E-state index contributed by atoms with van der Waals surface area (Å²) in [6.07, 6.45) is -0.440. The third-order valence-corrected chi connectivity index (χ3v) is 3.92. The number of hydrogen-bond donors (Lipinski definition) is 0. The SMILES string of the molecule is CN(C)C(=O)c1cc(F)c(N2CCN(C(=O)OC(C)(C)C)CC2)c(F)c1. The van der Waals surface area contributed by atoms with Crippen LogP contribution >= 0.6 is 0 Å². The van der Waals surface area contributed by atoms with E-state index < -0.39 is 29.2 Å². The van der Waals surface area contributed by atoms with Gasteiger partial charge in [0.05, 0.1) is 0 Å². The van der Waals surface area contributed by atoms with Gasteiger partial charge in [0, 0.05) is 45.8 Å². The summed E-state index contributed by atoms with van der Waals surface area (Å²) in [5, 5.41) is 0. The maximum atomic E-state index is 14.4. The molecule has 6 nitrogen and oxygen atoms in total. The molecule has 0 bridgehead atoms. The molecule has 2 rings (SSSR count). The maximum Gasteiger partial charge on any atom is 0.410 e. The van der Waals surface area contributed by atoms with E-state index in [1.807, 2.05) is 0 Å². The summed E-state index contributed by atoms with van der Waals surface area (Å²) in [5.41, 5.74) is -0.813. The van der Waals surface area contributed by atoms with Crippen LogP contribution < -0.4 is 4.90 Å². The number of piperazine rings is 1. The van der Waals surface area contributed by atoms with E-state index in [0.717, 1.165) is 12.1 Å². The van der Waals surface area contributed by atoms with Crippen molar-refractivity contribution in [1.82, 2.24) is 9.80 Å².